The van der Waals surface area contributed by atoms with Gasteiger partial charge < -0.3 is 0 Å². The van der Waals surface area contributed by atoms with Gasteiger partial charge in [0.1, 0.15) is 0 Å². The fraction of sp³-hybridized carbons (Fsp3) is 0.700. The number of hydrogen-bond acceptors (Lipinski definition) is 1. The Balaban J connectivity index is 2.56. The molecule has 0 saturated heterocycles. The summed E-state index contributed by atoms with van der Waals surface area (Å²) in [6.07, 6.45) is 4.16. The van der Waals surface area contributed by atoms with Crippen LogP contribution in [0.15, 0.2) is 11.6 Å². The van der Waals surface area contributed by atoms with Crippen LogP contribution in [0, 0.1) is 22.7 Å². The van der Waals surface area contributed by atoms with Crippen LogP contribution in [0.1, 0.15) is 33.6 Å². The van der Waals surface area contributed by atoms with Crippen LogP contribution in [-0.4, -0.2) is 0 Å². The van der Waals surface area contributed by atoms with E-state index in [0.29, 0.717) is 11.3 Å². The Bertz CT molecular complexity index is 212. The lowest BCUT2D eigenvalue weighted by atomic mass is 9.79. The standard InChI is InChI=1S/C10H15N/c1-10(2,3)9-5-4-8(6-9)7-11/h4,9H,5-6H2,1-3H3. The van der Waals surface area contributed by atoms with E-state index in [1.807, 2.05) is 0 Å². The summed E-state index contributed by atoms with van der Waals surface area (Å²) in [5.41, 5.74) is 1.33. The molecule has 0 bridgehead atoms. The van der Waals surface area contributed by atoms with Crippen molar-refractivity contribution in [2.75, 3.05) is 0 Å². The number of allylic oxidation sites excluding steroid dienone is 2. The van der Waals surface area contributed by atoms with Gasteiger partial charge >= 0.3 is 0 Å². The molecule has 1 nitrogen and oxygen atoms in total. The summed E-state index contributed by atoms with van der Waals surface area (Å²) in [5, 5.41) is 8.63. The van der Waals surface area contributed by atoms with Gasteiger partial charge in [-0.05, 0) is 24.2 Å². The number of hydrogen-bond donors (Lipinski definition) is 0. The third-order valence-electron chi connectivity index (χ3n) is 2.48. The quantitative estimate of drug-likeness (QED) is 0.519. The Kier molecular flexibility index (Phi) is 2.04. The zero-order chi connectivity index (χ0) is 8.48. The fourth-order valence-corrected chi connectivity index (χ4v) is 1.47. The van der Waals surface area contributed by atoms with E-state index in [1.165, 1.54) is 0 Å². The molecule has 0 aliphatic heterocycles. The van der Waals surface area contributed by atoms with Crippen molar-refractivity contribution in [2.45, 2.75) is 33.6 Å². The Hall–Kier alpha value is -0.770. The second-order valence-electron chi connectivity index (χ2n) is 4.34. The predicted molar refractivity (Wildman–Crippen MR) is 45.9 cm³/mol. The van der Waals surface area contributed by atoms with E-state index in [9.17, 15) is 0 Å². The van der Waals surface area contributed by atoms with Crippen molar-refractivity contribution in [1.82, 2.24) is 0 Å². The Morgan fingerprint density at radius 1 is 1.55 bits per heavy atom. The van der Waals surface area contributed by atoms with Gasteiger partial charge in [0.05, 0.1) is 6.07 Å². The maximum atomic E-state index is 8.63. The van der Waals surface area contributed by atoms with Crippen molar-refractivity contribution in [3.05, 3.63) is 11.6 Å². The highest BCUT2D eigenvalue weighted by atomic mass is 14.3. The van der Waals surface area contributed by atoms with Crippen LogP contribution in [-0.2, 0) is 0 Å². The monoisotopic (exact) mass is 149 g/mol. The minimum atomic E-state index is 0.356. The van der Waals surface area contributed by atoms with E-state index in [2.05, 4.69) is 32.9 Å². The summed E-state index contributed by atoms with van der Waals surface area (Å²) in [5.74, 6) is 0.678. The molecule has 0 fully saturated rings. The molecule has 0 radical (unpaired) electrons. The van der Waals surface area contributed by atoms with Crippen molar-refractivity contribution in [2.24, 2.45) is 11.3 Å². The van der Waals surface area contributed by atoms with Gasteiger partial charge in [0, 0.05) is 5.57 Å². The largest absolute Gasteiger partial charge is 0.193 e. The summed E-state index contributed by atoms with van der Waals surface area (Å²) in [6.45, 7) is 6.73. The molecule has 1 rings (SSSR count). The van der Waals surface area contributed by atoms with Crippen LogP contribution in [0.5, 0.6) is 0 Å². The predicted octanol–water partition coefficient (Wildman–Crippen LogP) is 2.89. The molecule has 0 saturated carbocycles. The molecule has 1 aliphatic rings. The molecular weight excluding hydrogens is 134 g/mol. The SMILES string of the molecule is CC(C)(C)C1CC=C(C#N)C1. The highest BCUT2D eigenvalue weighted by molar-refractivity contribution is 5.25. The normalized spacial score (nSPS) is 24.5. The second kappa shape index (κ2) is 2.70. The zero-order valence-electron chi connectivity index (χ0n) is 7.52. The molecule has 0 N–H and O–H groups in total. The van der Waals surface area contributed by atoms with Gasteiger partial charge in [-0.2, -0.15) is 5.26 Å². The summed E-state index contributed by atoms with van der Waals surface area (Å²) >= 11 is 0. The molecule has 60 valence electrons. The van der Waals surface area contributed by atoms with Gasteiger partial charge in [-0.1, -0.05) is 26.8 Å². The zero-order valence-corrected chi connectivity index (χ0v) is 7.52. The first kappa shape index (κ1) is 8.33. The Morgan fingerprint density at radius 2 is 2.18 bits per heavy atom. The van der Waals surface area contributed by atoms with Crippen LogP contribution in [0.2, 0.25) is 0 Å². The van der Waals surface area contributed by atoms with E-state index >= 15 is 0 Å². The smallest absolute Gasteiger partial charge is 0.0943 e. The highest BCUT2D eigenvalue weighted by Crippen LogP contribution is 2.38. The van der Waals surface area contributed by atoms with Gasteiger partial charge in [0.15, 0.2) is 0 Å². The average Bonchev–Trinajstić information content (AvgIpc) is 2.32. The van der Waals surface area contributed by atoms with Crippen molar-refractivity contribution < 1.29 is 0 Å². The van der Waals surface area contributed by atoms with Gasteiger partial charge in [0.25, 0.3) is 0 Å². The average molecular weight is 149 g/mol. The Labute approximate surface area is 68.7 Å². The molecule has 0 heterocycles. The van der Waals surface area contributed by atoms with Crippen LogP contribution in [0.4, 0.5) is 0 Å². The first-order valence-electron chi connectivity index (χ1n) is 4.13. The second-order valence-corrected chi connectivity index (χ2v) is 4.34. The number of nitrogens with zero attached hydrogens (tertiary/aromatic N) is 1. The lowest BCUT2D eigenvalue weighted by molar-refractivity contribution is 0.252. The summed E-state index contributed by atoms with van der Waals surface area (Å²) < 4.78 is 0. The van der Waals surface area contributed by atoms with Crippen LogP contribution in [0.3, 0.4) is 0 Å². The molecule has 1 unspecified atom stereocenters. The summed E-state index contributed by atoms with van der Waals surface area (Å²) in [4.78, 5) is 0. The lowest BCUT2D eigenvalue weighted by Gasteiger charge is -2.26. The first-order valence-corrected chi connectivity index (χ1v) is 4.13. The van der Waals surface area contributed by atoms with E-state index in [0.717, 1.165) is 18.4 Å². The molecule has 0 amide bonds. The number of nitriles is 1. The van der Waals surface area contributed by atoms with Gasteiger partial charge in [-0.25, -0.2) is 0 Å². The number of rotatable bonds is 0. The van der Waals surface area contributed by atoms with E-state index in [4.69, 9.17) is 5.26 Å². The van der Waals surface area contributed by atoms with Gasteiger partial charge in [-0.3, -0.25) is 0 Å². The van der Waals surface area contributed by atoms with E-state index < -0.39 is 0 Å². The van der Waals surface area contributed by atoms with Crippen LogP contribution in [0.25, 0.3) is 0 Å². The minimum Gasteiger partial charge on any atom is -0.193 e. The molecule has 1 atom stereocenters. The minimum absolute atomic E-state index is 0.356. The van der Waals surface area contributed by atoms with Gasteiger partial charge in [0.2, 0.25) is 0 Å². The van der Waals surface area contributed by atoms with E-state index in [1.54, 1.807) is 0 Å². The van der Waals surface area contributed by atoms with Crippen molar-refractivity contribution in [1.29, 1.82) is 5.26 Å². The third kappa shape index (κ3) is 1.83. The summed E-state index contributed by atoms with van der Waals surface area (Å²) in [6, 6.07) is 2.23. The first-order chi connectivity index (χ1) is 5.04. The molecule has 0 aromatic carbocycles. The van der Waals surface area contributed by atoms with Crippen LogP contribution >= 0.6 is 0 Å². The van der Waals surface area contributed by atoms with Crippen molar-refractivity contribution in [3.8, 4) is 6.07 Å². The molecule has 11 heavy (non-hydrogen) atoms. The molecule has 0 aromatic rings. The van der Waals surface area contributed by atoms with Crippen LogP contribution < -0.4 is 0 Å². The van der Waals surface area contributed by atoms with Crippen molar-refractivity contribution >= 4 is 0 Å². The third-order valence-corrected chi connectivity index (χ3v) is 2.48. The highest BCUT2D eigenvalue weighted by Gasteiger charge is 2.27. The molecule has 1 heteroatoms. The Morgan fingerprint density at radius 3 is 2.45 bits per heavy atom. The van der Waals surface area contributed by atoms with Crippen molar-refractivity contribution in [3.63, 3.8) is 0 Å². The maximum Gasteiger partial charge on any atom is 0.0943 e. The summed E-state index contributed by atoms with van der Waals surface area (Å²) in [7, 11) is 0. The lowest BCUT2D eigenvalue weighted by Crippen LogP contribution is -2.17. The fourth-order valence-electron chi connectivity index (χ4n) is 1.47. The molecular formula is C10H15N. The van der Waals surface area contributed by atoms with E-state index in [-0.39, 0.29) is 0 Å². The maximum absolute atomic E-state index is 8.63. The van der Waals surface area contributed by atoms with Gasteiger partial charge in [-0.15, -0.1) is 0 Å². The molecule has 0 spiro atoms. The topological polar surface area (TPSA) is 23.8 Å². The molecule has 0 aromatic heterocycles. The molecule has 1 aliphatic carbocycles.